The first kappa shape index (κ1) is 30.7. The maximum atomic E-state index is 12.8. The molecular formula is C31H27F3N6O3S. The standard InChI is InChI=1S/C31H27F3N6O3S/c1-4-21-7-5-6-8-26(21)40-27(41)17-44-30(40)37-29(42)36-20(3)19(2)22-9-11-23(12-10-22)28-35-18-39(38-28)24-13-15-25(16-14-24)43-31(32,33)34/h5-16,18-19H,4,17H2,1-3H3. The molecule has 1 aromatic heterocycles. The molecule has 5 rings (SSSR count). The van der Waals surface area contributed by atoms with E-state index in [0.29, 0.717) is 22.4 Å². The summed E-state index contributed by atoms with van der Waals surface area (Å²) >= 11 is 1.21. The average Bonchev–Trinajstić information content (AvgIpc) is 3.63. The van der Waals surface area contributed by atoms with Crippen LogP contribution in [0.5, 0.6) is 5.75 Å². The molecule has 0 N–H and O–H groups in total. The molecule has 0 bridgehead atoms. The number of amidine groups is 1. The molecule has 1 atom stereocenters. The molecule has 0 radical (unpaired) electrons. The monoisotopic (exact) mass is 620 g/mol. The van der Waals surface area contributed by atoms with Gasteiger partial charge in [0.25, 0.3) is 0 Å². The van der Waals surface area contributed by atoms with Crippen LogP contribution in [-0.4, -0.2) is 49.7 Å². The van der Waals surface area contributed by atoms with Crippen LogP contribution in [0.25, 0.3) is 17.1 Å². The van der Waals surface area contributed by atoms with Crippen molar-refractivity contribution in [2.75, 3.05) is 10.7 Å². The molecule has 4 aromatic rings. The molecule has 226 valence electrons. The molecule has 1 unspecified atom stereocenters. The number of amides is 3. The molecule has 0 aliphatic carbocycles. The third-order valence-corrected chi connectivity index (χ3v) is 7.89. The Labute approximate surface area is 255 Å². The van der Waals surface area contributed by atoms with Crippen molar-refractivity contribution in [1.29, 1.82) is 0 Å². The minimum atomic E-state index is -4.76. The smallest absolute Gasteiger partial charge is 0.406 e. The van der Waals surface area contributed by atoms with Crippen LogP contribution in [0, 0.1) is 0 Å². The first-order valence-corrected chi connectivity index (χ1v) is 14.6. The maximum Gasteiger partial charge on any atom is 0.573 e. The quantitative estimate of drug-likeness (QED) is 0.202. The van der Waals surface area contributed by atoms with Crippen molar-refractivity contribution in [3.63, 3.8) is 0 Å². The molecule has 44 heavy (non-hydrogen) atoms. The summed E-state index contributed by atoms with van der Waals surface area (Å²) in [5.74, 6) is -0.0397. The van der Waals surface area contributed by atoms with Gasteiger partial charge in [0.2, 0.25) is 5.91 Å². The predicted octanol–water partition coefficient (Wildman–Crippen LogP) is 7.22. The van der Waals surface area contributed by atoms with E-state index >= 15 is 0 Å². The van der Waals surface area contributed by atoms with E-state index < -0.39 is 12.4 Å². The minimum Gasteiger partial charge on any atom is -0.406 e. The van der Waals surface area contributed by atoms with Gasteiger partial charge in [-0.15, -0.1) is 18.3 Å². The van der Waals surface area contributed by atoms with Crippen LogP contribution in [0.3, 0.4) is 0 Å². The SMILES string of the molecule is CCc1ccccc1N1C(=O)CSC1=NC(=O)N=C(C)C(C)c1ccc(-c2ncn(-c3ccc(OC(F)(F)F)cc3)n2)cc1. The van der Waals surface area contributed by atoms with Crippen molar-refractivity contribution in [3.8, 4) is 22.8 Å². The van der Waals surface area contributed by atoms with Crippen LogP contribution in [0.2, 0.25) is 0 Å². The summed E-state index contributed by atoms with van der Waals surface area (Å²) in [6, 6.07) is 19.6. The van der Waals surface area contributed by atoms with E-state index in [2.05, 4.69) is 24.8 Å². The molecule has 1 aliphatic rings. The van der Waals surface area contributed by atoms with E-state index in [9.17, 15) is 22.8 Å². The highest BCUT2D eigenvalue weighted by molar-refractivity contribution is 8.15. The third kappa shape index (κ3) is 7.05. The minimum absolute atomic E-state index is 0.135. The van der Waals surface area contributed by atoms with Crippen molar-refractivity contribution < 1.29 is 27.5 Å². The van der Waals surface area contributed by atoms with Crippen molar-refractivity contribution in [3.05, 3.63) is 90.3 Å². The van der Waals surface area contributed by atoms with Crippen molar-refractivity contribution >= 4 is 40.3 Å². The number of nitrogens with zero attached hydrogens (tertiary/aromatic N) is 6. The Balaban J connectivity index is 1.26. The number of aliphatic imine (C=N–C) groups is 2. The van der Waals surface area contributed by atoms with Crippen LogP contribution in [-0.2, 0) is 11.2 Å². The number of hydrogen-bond acceptors (Lipinski definition) is 6. The molecular weight excluding hydrogens is 593 g/mol. The molecule has 2 heterocycles. The summed E-state index contributed by atoms with van der Waals surface area (Å²) in [4.78, 5) is 39.6. The molecule has 1 saturated heterocycles. The van der Waals surface area contributed by atoms with Gasteiger partial charge in [0.05, 0.1) is 17.1 Å². The largest absolute Gasteiger partial charge is 0.573 e. The lowest BCUT2D eigenvalue weighted by atomic mass is 9.96. The van der Waals surface area contributed by atoms with Gasteiger partial charge in [-0.3, -0.25) is 9.69 Å². The number of thioether (sulfide) groups is 1. The topological polar surface area (TPSA) is 102 Å². The van der Waals surface area contributed by atoms with E-state index in [1.807, 2.05) is 62.4 Å². The maximum absolute atomic E-state index is 12.8. The van der Waals surface area contributed by atoms with E-state index in [1.54, 1.807) is 6.92 Å². The Bertz CT molecular complexity index is 1730. The van der Waals surface area contributed by atoms with Gasteiger partial charge >= 0.3 is 12.4 Å². The number of anilines is 1. The summed E-state index contributed by atoms with van der Waals surface area (Å²) < 4.78 is 42.6. The Kier molecular flexibility index (Phi) is 8.95. The summed E-state index contributed by atoms with van der Waals surface area (Å²) in [5.41, 5.74) is 4.40. The fraction of sp³-hybridized carbons (Fsp3) is 0.226. The number of para-hydroxylation sites is 1. The second-order valence-electron chi connectivity index (χ2n) is 9.83. The van der Waals surface area contributed by atoms with Crippen LogP contribution >= 0.6 is 11.8 Å². The van der Waals surface area contributed by atoms with E-state index in [-0.39, 0.29) is 23.3 Å². The number of aromatic nitrogens is 3. The Morgan fingerprint density at radius 2 is 1.77 bits per heavy atom. The zero-order valence-electron chi connectivity index (χ0n) is 23.9. The van der Waals surface area contributed by atoms with E-state index in [1.165, 1.54) is 51.9 Å². The summed E-state index contributed by atoms with van der Waals surface area (Å²) in [6.45, 7) is 5.68. The Morgan fingerprint density at radius 1 is 1.07 bits per heavy atom. The van der Waals surface area contributed by atoms with Gasteiger partial charge in [-0.1, -0.05) is 68.1 Å². The van der Waals surface area contributed by atoms with Gasteiger partial charge in [0.1, 0.15) is 12.1 Å². The third-order valence-electron chi connectivity index (χ3n) is 6.96. The highest BCUT2D eigenvalue weighted by atomic mass is 32.2. The first-order valence-electron chi connectivity index (χ1n) is 13.6. The highest BCUT2D eigenvalue weighted by Crippen LogP contribution is 2.30. The van der Waals surface area contributed by atoms with Crippen molar-refractivity contribution in [2.45, 2.75) is 39.5 Å². The molecule has 1 fully saturated rings. The number of carbonyl (C=O) groups is 2. The fourth-order valence-electron chi connectivity index (χ4n) is 4.55. The zero-order valence-corrected chi connectivity index (χ0v) is 24.8. The van der Waals surface area contributed by atoms with E-state index in [0.717, 1.165) is 28.8 Å². The normalized spacial score (nSPS) is 15.6. The van der Waals surface area contributed by atoms with Crippen LogP contribution in [0.1, 0.15) is 37.8 Å². The van der Waals surface area contributed by atoms with Gasteiger partial charge in [0, 0.05) is 17.2 Å². The van der Waals surface area contributed by atoms with Crippen LogP contribution in [0.15, 0.2) is 89.1 Å². The molecule has 3 aromatic carbocycles. The lowest BCUT2D eigenvalue weighted by Gasteiger charge is -2.19. The summed E-state index contributed by atoms with van der Waals surface area (Å²) in [5, 5.41) is 4.74. The van der Waals surface area contributed by atoms with Gasteiger partial charge in [-0.2, -0.15) is 4.99 Å². The number of hydrogen-bond donors (Lipinski definition) is 0. The average molecular weight is 621 g/mol. The number of rotatable bonds is 7. The van der Waals surface area contributed by atoms with Crippen LogP contribution in [0.4, 0.5) is 23.7 Å². The number of benzene rings is 3. The number of urea groups is 1. The lowest BCUT2D eigenvalue weighted by Crippen LogP contribution is -2.30. The fourth-order valence-corrected chi connectivity index (χ4v) is 5.40. The second kappa shape index (κ2) is 12.8. The zero-order chi connectivity index (χ0) is 31.4. The van der Waals surface area contributed by atoms with Crippen LogP contribution < -0.4 is 9.64 Å². The Morgan fingerprint density at radius 3 is 2.45 bits per heavy atom. The molecule has 3 amide bonds. The number of carbonyl (C=O) groups excluding carboxylic acids is 2. The van der Waals surface area contributed by atoms with Crippen molar-refractivity contribution in [1.82, 2.24) is 14.8 Å². The van der Waals surface area contributed by atoms with Gasteiger partial charge in [-0.05, 0) is 54.8 Å². The van der Waals surface area contributed by atoms with Gasteiger partial charge < -0.3 is 4.74 Å². The van der Waals surface area contributed by atoms with Gasteiger partial charge in [-0.25, -0.2) is 19.5 Å². The van der Waals surface area contributed by atoms with E-state index in [4.69, 9.17) is 0 Å². The number of ether oxygens (including phenoxy) is 1. The first-order chi connectivity index (χ1) is 21.0. The summed E-state index contributed by atoms with van der Waals surface area (Å²) in [7, 11) is 0. The number of alkyl halides is 3. The molecule has 13 heteroatoms. The van der Waals surface area contributed by atoms with Gasteiger partial charge in [0.15, 0.2) is 11.0 Å². The molecule has 0 spiro atoms. The number of aryl methyl sites for hydroxylation is 1. The number of halogens is 3. The predicted molar refractivity (Wildman–Crippen MR) is 164 cm³/mol. The van der Waals surface area contributed by atoms with Crippen molar-refractivity contribution in [2.24, 2.45) is 9.98 Å². The molecule has 1 aliphatic heterocycles. The summed E-state index contributed by atoms with van der Waals surface area (Å²) in [6.07, 6.45) is -2.57. The Hall–Kier alpha value is -4.78. The highest BCUT2D eigenvalue weighted by Gasteiger charge is 2.32. The molecule has 0 saturated carbocycles. The molecule has 9 nitrogen and oxygen atoms in total. The lowest BCUT2D eigenvalue weighted by molar-refractivity contribution is -0.274. The second-order valence-corrected chi connectivity index (χ2v) is 10.8.